The number of hydrogen-bond acceptors (Lipinski definition) is 7. The molecule has 2 aliphatic heterocycles. The van der Waals surface area contributed by atoms with Crippen LogP contribution in [0.3, 0.4) is 0 Å². The second-order valence-corrected chi connectivity index (χ2v) is 8.26. The third-order valence-corrected chi connectivity index (χ3v) is 6.14. The Morgan fingerprint density at radius 2 is 1.73 bits per heavy atom. The third-order valence-electron chi connectivity index (χ3n) is 6.14. The molecular formula is C22H30N6O2. The number of benzene rings is 1. The fourth-order valence-corrected chi connectivity index (χ4v) is 4.36. The lowest BCUT2D eigenvalue weighted by atomic mass is 9.93. The Labute approximate surface area is 177 Å². The molecule has 0 spiro atoms. The van der Waals surface area contributed by atoms with Crippen molar-refractivity contribution < 1.29 is 9.90 Å². The number of aromatic hydroxyl groups is 1. The lowest BCUT2D eigenvalue weighted by Crippen LogP contribution is -2.47. The Bertz CT molecular complexity index is 843. The largest absolute Gasteiger partial charge is 0.506 e. The van der Waals surface area contributed by atoms with Gasteiger partial charge in [-0.2, -0.15) is 0 Å². The molecule has 0 aliphatic carbocycles. The molecule has 4 rings (SSSR count). The van der Waals surface area contributed by atoms with Crippen molar-refractivity contribution in [3.05, 3.63) is 42.2 Å². The highest BCUT2D eigenvalue weighted by Crippen LogP contribution is 2.27. The summed E-state index contributed by atoms with van der Waals surface area (Å²) in [5.41, 5.74) is 7.36. The Kier molecular flexibility index (Phi) is 6.32. The summed E-state index contributed by atoms with van der Waals surface area (Å²) < 4.78 is 0. The van der Waals surface area contributed by atoms with Crippen molar-refractivity contribution in [1.82, 2.24) is 19.8 Å². The van der Waals surface area contributed by atoms with Crippen molar-refractivity contribution in [3.8, 4) is 5.75 Å². The normalized spacial score (nSPS) is 19.0. The molecule has 160 valence electrons. The molecule has 1 aromatic heterocycles. The molecule has 1 amide bonds. The Hall–Kier alpha value is -2.87. The Morgan fingerprint density at radius 1 is 1.07 bits per heavy atom. The van der Waals surface area contributed by atoms with Gasteiger partial charge in [-0.25, -0.2) is 9.97 Å². The van der Waals surface area contributed by atoms with Gasteiger partial charge in [-0.15, -0.1) is 0 Å². The van der Waals surface area contributed by atoms with E-state index in [1.54, 1.807) is 18.5 Å². The molecule has 2 aromatic rings. The number of hydrogen-bond donors (Lipinski definition) is 3. The van der Waals surface area contributed by atoms with E-state index in [1.807, 2.05) is 23.1 Å². The quantitative estimate of drug-likeness (QED) is 0.648. The van der Waals surface area contributed by atoms with E-state index in [0.717, 1.165) is 69.7 Å². The molecule has 8 heteroatoms. The summed E-state index contributed by atoms with van der Waals surface area (Å²) in [6.45, 7) is 4.16. The number of anilines is 2. The van der Waals surface area contributed by atoms with Crippen molar-refractivity contribution in [1.29, 1.82) is 0 Å². The number of aromatic nitrogens is 2. The van der Waals surface area contributed by atoms with E-state index >= 15 is 0 Å². The van der Waals surface area contributed by atoms with Gasteiger partial charge in [0.15, 0.2) is 0 Å². The number of rotatable bonds is 5. The van der Waals surface area contributed by atoms with Crippen LogP contribution in [0.5, 0.6) is 5.75 Å². The van der Waals surface area contributed by atoms with Gasteiger partial charge in [-0.1, -0.05) is 12.1 Å². The topological polar surface area (TPSA) is 108 Å². The van der Waals surface area contributed by atoms with Gasteiger partial charge in [-0.3, -0.25) is 9.69 Å². The molecule has 0 radical (unpaired) electrons. The smallest absolute Gasteiger partial charge is 0.225 e. The first-order valence-corrected chi connectivity index (χ1v) is 10.7. The van der Waals surface area contributed by atoms with Crippen LogP contribution in [0.2, 0.25) is 0 Å². The minimum Gasteiger partial charge on any atom is -0.506 e. The molecule has 2 aliphatic rings. The van der Waals surface area contributed by atoms with E-state index in [4.69, 9.17) is 5.73 Å². The summed E-state index contributed by atoms with van der Waals surface area (Å²) in [6.07, 6.45) is 7.13. The van der Waals surface area contributed by atoms with E-state index in [2.05, 4.69) is 20.2 Å². The molecule has 0 bridgehead atoms. The van der Waals surface area contributed by atoms with Gasteiger partial charge in [0, 0.05) is 49.6 Å². The van der Waals surface area contributed by atoms with Crippen LogP contribution in [0.1, 0.15) is 31.2 Å². The maximum atomic E-state index is 13.0. The number of carbonyl (C=O) groups excluding carboxylic acids is 1. The number of phenolic OH excluding ortho intramolecular Hbond substituents is 1. The lowest BCUT2D eigenvalue weighted by Gasteiger charge is -2.37. The SMILES string of the molecule is Nc1ncc(CN2CCC(C(=O)N3CCC(Nc4ccccc4O)CC3)CC2)cn1. The van der Waals surface area contributed by atoms with Crippen LogP contribution in [0.25, 0.3) is 0 Å². The molecule has 0 unspecified atom stereocenters. The van der Waals surface area contributed by atoms with Crippen LogP contribution < -0.4 is 11.1 Å². The molecule has 8 nitrogen and oxygen atoms in total. The number of nitrogens with two attached hydrogens (primary N) is 1. The number of piperidine rings is 2. The molecule has 1 aromatic carbocycles. The minimum atomic E-state index is 0.117. The zero-order chi connectivity index (χ0) is 20.9. The van der Waals surface area contributed by atoms with Crippen molar-refractivity contribution in [3.63, 3.8) is 0 Å². The summed E-state index contributed by atoms with van der Waals surface area (Å²) in [6, 6.07) is 7.58. The number of nitrogens with zero attached hydrogens (tertiary/aromatic N) is 4. The van der Waals surface area contributed by atoms with Crippen LogP contribution >= 0.6 is 0 Å². The molecular weight excluding hydrogens is 380 g/mol. The third kappa shape index (κ3) is 4.99. The van der Waals surface area contributed by atoms with Crippen LogP contribution in [0.4, 0.5) is 11.6 Å². The molecule has 4 N–H and O–H groups in total. The fourth-order valence-electron chi connectivity index (χ4n) is 4.36. The van der Waals surface area contributed by atoms with Crippen molar-refractivity contribution >= 4 is 17.5 Å². The van der Waals surface area contributed by atoms with Gasteiger partial charge in [0.25, 0.3) is 0 Å². The standard InChI is InChI=1S/C22H30N6O2/c23-22-24-13-16(14-25-22)15-27-9-5-17(6-10-27)21(30)28-11-7-18(8-12-28)26-19-3-1-2-4-20(19)29/h1-4,13-14,17-18,26,29H,5-12,15H2,(H2,23,24,25). The van der Waals surface area contributed by atoms with E-state index < -0.39 is 0 Å². The van der Waals surface area contributed by atoms with E-state index in [1.165, 1.54) is 0 Å². The van der Waals surface area contributed by atoms with Crippen LogP contribution in [-0.2, 0) is 11.3 Å². The molecule has 2 fully saturated rings. The second-order valence-electron chi connectivity index (χ2n) is 8.26. The summed E-state index contributed by atoms with van der Waals surface area (Å²) in [4.78, 5) is 25.5. The summed E-state index contributed by atoms with van der Waals surface area (Å²) >= 11 is 0. The van der Waals surface area contributed by atoms with Crippen molar-refractivity contribution in [2.24, 2.45) is 5.92 Å². The van der Waals surface area contributed by atoms with E-state index in [0.29, 0.717) is 11.9 Å². The molecule has 30 heavy (non-hydrogen) atoms. The van der Waals surface area contributed by atoms with Crippen LogP contribution in [0.15, 0.2) is 36.7 Å². The van der Waals surface area contributed by atoms with Crippen molar-refractivity contribution in [2.75, 3.05) is 37.2 Å². The predicted molar refractivity (Wildman–Crippen MR) is 116 cm³/mol. The highest BCUT2D eigenvalue weighted by atomic mass is 16.3. The summed E-state index contributed by atoms with van der Waals surface area (Å²) in [7, 11) is 0. The van der Waals surface area contributed by atoms with Gasteiger partial charge >= 0.3 is 0 Å². The minimum absolute atomic E-state index is 0.117. The number of nitrogen functional groups attached to an aromatic ring is 1. The Balaban J connectivity index is 1.21. The average Bonchev–Trinajstić information content (AvgIpc) is 2.77. The highest BCUT2D eigenvalue weighted by molar-refractivity contribution is 5.79. The second kappa shape index (κ2) is 9.30. The molecule has 3 heterocycles. The van der Waals surface area contributed by atoms with Crippen molar-refractivity contribution in [2.45, 2.75) is 38.3 Å². The highest BCUT2D eigenvalue weighted by Gasteiger charge is 2.31. The fraction of sp³-hybridized carbons (Fsp3) is 0.500. The summed E-state index contributed by atoms with van der Waals surface area (Å²) in [5.74, 6) is 0.981. The maximum Gasteiger partial charge on any atom is 0.225 e. The summed E-state index contributed by atoms with van der Waals surface area (Å²) in [5, 5.41) is 13.3. The van der Waals surface area contributed by atoms with E-state index in [-0.39, 0.29) is 17.7 Å². The van der Waals surface area contributed by atoms with E-state index in [9.17, 15) is 9.90 Å². The molecule has 2 saturated heterocycles. The molecule has 0 saturated carbocycles. The van der Waals surface area contributed by atoms with Gasteiger partial charge < -0.3 is 21.1 Å². The van der Waals surface area contributed by atoms with Gasteiger partial charge in [0.1, 0.15) is 5.75 Å². The zero-order valence-corrected chi connectivity index (χ0v) is 17.2. The number of amides is 1. The molecule has 0 atom stereocenters. The Morgan fingerprint density at radius 3 is 2.40 bits per heavy atom. The number of phenols is 1. The van der Waals surface area contributed by atoms with Gasteiger partial charge in [0.05, 0.1) is 5.69 Å². The first kappa shape index (κ1) is 20.4. The zero-order valence-electron chi connectivity index (χ0n) is 17.2. The number of nitrogens with one attached hydrogen (secondary N) is 1. The first-order valence-electron chi connectivity index (χ1n) is 10.7. The lowest BCUT2D eigenvalue weighted by molar-refractivity contribution is -0.138. The predicted octanol–water partition coefficient (Wildman–Crippen LogP) is 2.08. The van der Waals surface area contributed by atoms with Crippen LogP contribution in [-0.4, -0.2) is 63.0 Å². The monoisotopic (exact) mass is 410 g/mol. The number of carbonyl (C=O) groups is 1. The number of para-hydroxylation sites is 2. The number of likely N-dealkylation sites (tertiary alicyclic amines) is 2. The first-order chi connectivity index (χ1) is 14.6. The van der Waals surface area contributed by atoms with Gasteiger partial charge in [-0.05, 0) is 50.9 Å². The van der Waals surface area contributed by atoms with Crippen LogP contribution in [0, 0.1) is 5.92 Å². The maximum absolute atomic E-state index is 13.0. The van der Waals surface area contributed by atoms with Gasteiger partial charge in [0.2, 0.25) is 11.9 Å². The average molecular weight is 411 g/mol.